The number of hydrogen-bond acceptors (Lipinski definition) is 3. The number of aryl methyl sites for hydroxylation is 1. The summed E-state index contributed by atoms with van der Waals surface area (Å²) in [7, 11) is -3.56. The maximum Gasteiger partial charge on any atom is 0.238 e. The van der Waals surface area contributed by atoms with E-state index >= 15 is 0 Å². The van der Waals surface area contributed by atoms with Crippen LogP contribution in [0.5, 0.6) is 0 Å². The molecule has 0 heterocycles. The van der Waals surface area contributed by atoms with Gasteiger partial charge in [0.25, 0.3) is 0 Å². The van der Waals surface area contributed by atoms with Gasteiger partial charge >= 0.3 is 0 Å². The van der Waals surface area contributed by atoms with E-state index < -0.39 is 10.0 Å². The number of primary sulfonamides is 1. The molecule has 0 saturated carbocycles. The monoisotopic (exact) mass is 312 g/mol. The Morgan fingerprint density at radius 2 is 1.55 bits per heavy atom. The molecular weight excluding hydrogens is 296 g/mol. The van der Waals surface area contributed by atoms with Gasteiger partial charge in [-0.2, -0.15) is 0 Å². The van der Waals surface area contributed by atoms with Crippen molar-refractivity contribution in [3.8, 4) is 0 Å². The maximum atomic E-state index is 11.0. The number of anilines is 1. The van der Waals surface area contributed by atoms with Gasteiger partial charge in [-0.15, -0.1) is 0 Å². The Morgan fingerprint density at radius 1 is 1.00 bits per heavy atom. The first-order valence-corrected chi connectivity index (χ1v) is 7.74. The summed E-state index contributed by atoms with van der Waals surface area (Å²) in [5, 5.41) is 5.72. The molecule has 0 spiro atoms. The summed E-state index contributed by atoms with van der Waals surface area (Å²) < 4.78 is 22.0. The number of nitrogen functional groups attached to an aromatic ring is 1. The molecule has 0 radical (unpaired) electrons. The molecule has 20 heavy (non-hydrogen) atoms. The second-order valence-electron chi connectivity index (χ2n) is 4.29. The van der Waals surface area contributed by atoms with Crippen LogP contribution in [0, 0.1) is 13.8 Å². The van der Waals surface area contributed by atoms with E-state index in [-0.39, 0.29) is 4.90 Å². The fourth-order valence-corrected chi connectivity index (χ4v) is 2.48. The van der Waals surface area contributed by atoms with E-state index in [1.807, 2.05) is 13.0 Å². The van der Waals surface area contributed by atoms with Gasteiger partial charge in [-0.05, 0) is 55.3 Å². The number of sulfonamides is 1. The number of nitrogens with two attached hydrogens (primary N) is 2. The van der Waals surface area contributed by atoms with Gasteiger partial charge < -0.3 is 5.73 Å². The zero-order chi connectivity index (χ0) is 15.3. The molecule has 2 aromatic rings. The number of rotatable bonds is 1. The van der Waals surface area contributed by atoms with Crippen molar-refractivity contribution >= 4 is 27.3 Å². The lowest BCUT2D eigenvalue weighted by atomic mass is 10.1. The second-order valence-corrected chi connectivity index (χ2v) is 6.26. The minimum Gasteiger partial charge on any atom is -0.399 e. The fourth-order valence-electron chi connectivity index (χ4n) is 1.50. The van der Waals surface area contributed by atoms with E-state index in [0.717, 1.165) is 21.8 Å². The molecule has 0 aliphatic carbocycles. The van der Waals surface area contributed by atoms with Crippen molar-refractivity contribution in [3.05, 3.63) is 58.6 Å². The van der Waals surface area contributed by atoms with E-state index in [1.165, 1.54) is 6.07 Å². The lowest BCUT2D eigenvalue weighted by Crippen LogP contribution is -2.13. The first-order valence-electron chi connectivity index (χ1n) is 5.82. The zero-order valence-electron chi connectivity index (χ0n) is 11.3. The van der Waals surface area contributed by atoms with Gasteiger partial charge in [-0.25, -0.2) is 13.6 Å². The van der Waals surface area contributed by atoms with Crippen LogP contribution in [0.4, 0.5) is 5.69 Å². The Bertz CT molecular complexity index is 662. The Labute approximate surface area is 124 Å². The van der Waals surface area contributed by atoms with E-state index in [1.54, 1.807) is 37.3 Å². The number of halogens is 1. The number of benzene rings is 2. The van der Waals surface area contributed by atoms with Crippen LogP contribution in [0.2, 0.25) is 5.02 Å². The fraction of sp³-hybridized carbons (Fsp3) is 0.143. The third-order valence-electron chi connectivity index (χ3n) is 2.73. The molecule has 2 aromatic carbocycles. The topological polar surface area (TPSA) is 86.2 Å². The molecule has 0 atom stereocenters. The molecular formula is C14H17ClN2O2S. The predicted octanol–water partition coefficient (Wildman–Crippen LogP) is 2.87. The molecule has 0 unspecified atom stereocenters. The molecule has 0 aliphatic heterocycles. The number of hydrogen-bond donors (Lipinski definition) is 2. The summed E-state index contributed by atoms with van der Waals surface area (Å²) >= 11 is 5.56. The third kappa shape index (κ3) is 4.85. The van der Waals surface area contributed by atoms with E-state index in [2.05, 4.69) is 0 Å². The van der Waals surface area contributed by atoms with Crippen molar-refractivity contribution < 1.29 is 8.42 Å². The molecule has 0 fully saturated rings. The highest BCUT2D eigenvalue weighted by Crippen LogP contribution is 2.16. The largest absolute Gasteiger partial charge is 0.399 e. The van der Waals surface area contributed by atoms with Crippen LogP contribution < -0.4 is 10.9 Å². The molecule has 6 heteroatoms. The van der Waals surface area contributed by atoms with Gasteiger partial charge in [-0.1, -0.05) is 23.7 Å². The predicted molar refractivity (Wildman–Crippen MR) is 83.2 cm³/mol. The van der Waals surface area contributed by atoms with Crippen LogP contribution in [0.15, 0.2) is 47.4 Å². The summed E-state index contributed by atoms with van der Waals surface area (Å²) in [6.45, 7) is 3.60. The van der Waals surface area contributed by atoms with Crippen molar-refractivity contribution in [1.29, 1.82) is 0 Å². The molecule has 0 bridgehead atoms. The summed E-state index contributed by atoms with van der Waals surface area (Å²) in [4.78, 5) is 0.211. The standard InChI is InChI=1S/C8H11NO2S.C6H6ClN/c1-6-4-3-5-8(7(6)2)12(9,10)11;7-5-1-3-6(8)4-2-5/h3-5H,1-2H3,(H2,9,10,11);1-4H,8H2. The first-order chi connectivity index (χ1) is 9.21. The third-order valence-corrected chi connectivity index (χ3v) is 4.04. The summed E-state index contributed by atoms with van der Waals surface area (Å²) in [6, 6.07) is 12.1. The van der Waals surface area contributed by atoms with Crippen LogP contribution in [-0.2, 0) is 10.0 Å². The Kier molecular flexibility index (Phi) is 5.56. The first kappa shape index (κ1) is 16.5. The van der Waals surface area contributed by atoms with Crippen molar-refractivity contribution in [2.45, 2.75) is 18.7 Å². The van der Waals surface area contributed by atoms with Crippen LogP contribution in [0.25, 0.3) is 0 Å². The van der Waals surface area contributed by atoms with E-state index in [4.69, 9.17) is 22.5 Å². The van der Waals surface area contributed by atoms with Gasteiger partial charge in [0.2, 0.25) is 10.0 Å². The lowest BCUT2D eigenvalue weighted by Gasteiger charge is -2.04. The van der Waals surface area contributed by atoms with E-state index in [9.17, 15) is 8.42 Å². The average Bonchev–Trinajstić information content (AvgIpc) is 2.36. The summed E-state index contributed by atoms with van der Waals surface area (Å²) in [5.41, 5.74) is 7.77. The molecule has 4 N–H and O–H groups in total. The Morgan fingerprint density at radius 3 is 1.95 bits per heavy atom. The molecule has 0 aliphatic rings. The molecule has 0 saturated heterocycles. The normalized spacial score (nSPS) is 10.6. The van der Waals surface area contributed by atoms with Crippen molar-refractivity contribution in [3.63, 3.8) is 0 Å². The van der Waals surface area contributed by atoms with Crippen molar-refractivity contribution in [1.82, 2.24) is 0 Å². The molecule has 108 valence electrons. The van der Waals surface area contributed by atoms with Crippen molar-refractivity contribution in [2.24, 2.45) is 5.14 Å². The highest BCUT2D eigenvalue weighted by atomic mass is 35.5. The second kappa shape index (κ2) is 6.74. The highest BCUT2D eigenvalue weighted by molar-refractivity contribution is 7.89. The Hall–Kier alpha value is -1.56. The van der Waals surface area contributed by atoms with Gasteiger partial charge in [0.15, 0.2) is 0 Å². The lowest BCUT2D eigenvalue weighted by molar-refractivity contribution is 0.597. The minimum atomic E-state index is -3.56. The van der Waals surface area contributed by atoms with Gasteiger partial charge in [0, 0.05) is 10.7 Å². The molecule has 2 rings (SSSR count). The van der Waals surface area contributed by atoms with Crippen LogP contribution >= 0.6 is 11.6 Å². The smallest absolute Gasteiger partial charge is 0.238 e. The van der Waals surface area contributed by atoms with Gasteiger partial charge in [0.05, 0.1) is 4.90 Å². The maximum absolute atomic E-state index is 11.0. The molecule has 0 amide bonds. The van der Waals surface area contributed by atoms with Crippen LogP contribution in [0.3, 0.4) is 0 Å². The SMILES string of the molecule is Cc1cccc(S(N)(=O)=O)c1C.Nc1ccc(Cl)cc1. The quantitative estimate of drug-likeness (QED) is 0.794. The summed E-state index contributed by atoms with van der Waals surface area (Å²) in [5.74, 6) is 0. The zero-order valence-corrected chi connectivity index (χ0v) is 12.9. The van der Waals surface area contributed by atoms with Gasteiger partial charge in [0.1, 0.15) is 0 Å². The van der Waals surface area contributed by atoms with Crippen molar-refractivity contribution in [2.75, 3.05) is 5.73 Å². The van der Waals surface area contributed by atoms with Crippen LogP contribution in [0.1, 0.15) is 11.1 Å². The average molecular weight is 313 g/mol. The highest BCUT2D eigenvalue weighted by Gasteiger charge is 2.11. The van der Waals surface area contributed by atoms with Gasteiger partial charge in [-0.3, -0.25) is 0 Å². The van der Waals surface area contributed by atoms with Crippen LogP contribution in [-0.4, -0.2) is 8.42 Å². The minimum absolute atomic E-state index is 0.211. The molecule has 4 nitrogen and oxygen atoms in total. The molecule has 0 aromatic heterocycles. The summed E-state index contributed by atoms with van der Waals surface area (Å²) in [6.07, 6.45) is 0. The van der Waals surface area contributed by atoms with E-state index in [0.29, 0.717) is 0 Å². The Balaban J connectivity index is 0.000000217.